The zero-order valence-electron chi connectivity index (χ0n) is 10.7. The van der Waals surface area contributed by atoms with Gasteiger partial charge in [-0.15, -0.1) is 11.6 Å². The summed E-state index contributed by atoms with van der Waals surface area (Å²) in [6.45, 7) is 9.56. The Hall–Kier alpha value is -1.03. The van der Waals surface area contributed by atoms with Gasteiger partial charge in [0, 0.05) is 6.54 Å². The lowest BCUT2D eigenvalue weighted by atomic mass is 10.2. The van der Waals surface area contributed by atoms with Gasteiger partial charge in [-0.3, -0.25) is 4.79 Å². The third kappa shape index (κ3) is 5.22. The van der Waals surface area contributed by atoms with Gasteiger partial charge >= 0.3 is 5.97 Å². The summed E-state index contributed by atoms with van der Waals surface area (Å²) in [5.41, 5.74) is 0.0535. The highest BCUT2D eigenvalue weighted by molar-refractivity contribution is 6.30. The highest BCUT2D eigenvalue weighted by atomic mass is 35.5. The minimum atomic E-state index is -0.682. The molecule has 0 saturated carbocycles. The molecule has 0 aliphatic heterocycles. The molecule has 0 saturated heterocycles. The zero-order chi connectivity index (χ0) is 13.4. The fraction of sp³-hybridized carbons (Fsp3) is 0.667. The van der Waals surface area contributed by atoms with E-state index in [4.69, 9.17) is 16.3 Å². The fourth-order valence-electron chi connectivity index (χ4n) is 1.23. The quantitative estimate of drug-likeness (QED) is 0.401. The highest BCUT2D eigenvalue weighted by Crippen LogP contribution is 2.11. The van der Waals surface area contributed by atoms with Crippen molar-refractivity contribution in [2.45, 2.75) is 39.0 Å². The fourth-order valence-corrected chi connectivity index (χ4v) is 1.35. The van der Waals surface area contributed by atoms with Gasteiger partial charge in [-0.05, 0) is 20.3 Å². The molecule has 0 fully saturated rings. The van der Waals surface area contributed by atoms with Crippen molar-refractivity contribution in [2.75, 3.05) is 13.2 Å². The van der Waals surface area contributed by atoms with Crippen LogP contribution in [0, 0.1) is 0 Å². The van der Waals surface area contributed by atoms with Gasteiger partial charge in [-0.1, -0.05) is 19.9 Å². The van der Waals surface area contributed by atoms with Crippen molar-refractivity contribution in [2.24, 2.45) is 0 Å². The Morgan fingerprint density at radius 1 is 1.41 bits per heavy atom. The van der Waals surface area contributed by atoms with Crippen molar-refractivity contribution < 1.29 is 14.3 Å². The number of carbonyl (C=O) groups is 2. The summed E-state index contributed by atoms with van der Waals surface area (Å²) < 4.78 is 4.82. The Balaban J connectivity index is 4.72. The number of esters is 1. The van der Waals surface area contributed by atoms with E-state index < -0.39 is 11.3 Å². The SMILES string of the molecule is C=C(C(=O)OCC)N(CCCC)C(=O)C(C)Cl. The van der Waals surface area contributed by atoms with Crippen LogP contribution in [0.15, 0.2) is 12.3 Å². The molecule has 1 unspecified atom stereocenters. The van der Waals surface area contributed by atoms with Crippen LogP contribution in [0.5, 0.6) is 0 Å². The number of unbranched alkanes of at least 4 members (excludes halogenated alkanes) is 1. The summed E-state index contributed by atoms with van der Waals surface area (Å²) >= 11 is 5.74. The van der Waals surface area contributed by atoms with Gasteiger partial charge in [0.1, 0.15) is 11.1 Å². The third-order valence-electron chi connectivity index (χ3n) is 2.18. The highest BCUT2D eigenvalue weighted by Gasteiger charge is 2.25. The van der Waals surface area contributed by atoms with Crippen LogP contribution in [0.25, 0.3) is 0 Å². The van der Waals surface area contributed by atoms with Gasteiger partial charge in [0.25, 0.3) is 0 Å². The lowest BCUT2D eigenvalue weighted by Gasteiger charge is -2.24. The molecule has 0 aromatic rings. The third-order valence-corrected chi connectivity index (χ3v) is 2.37. The lowest BCUT2D eigenvalue weighted by Crippen LogP contribution is -2.38. The van der Waals surface area contributed by atoms with E-state index >= 15 is 0 Å². The van der Waals surface area contributed by atoms with E-state index in [1.165, 1.54) is 4.90 Å². The molecule has 0 radical (unpaired) electrons. The minimum absolute atomic E-state index is 0.0535. The van der Waals surface area contributed by atoms with Gasteiger partial charge in [-0.2, -0.15) is 0 Å². The van der Waals surface area contributed by atoms with Crippen LogP contribution in [0.2, 0.25) is 0 Å². The van der Waals surface area contributed by atoms with Crippen molar-refractivity contribution >= 4 is 23.5 Å². The van der Waals surface area contributed by atoms with Crippen LogP contribution in [0.1, 0.15) is 33.6 Å². The maximum absolute atomic E-state index is 11.8. The van der Waals surface area contributed by atoms with E-state index in [-0.39, 0.29) is 18.2 Å². The summed E-state index contributed by atoms with van der Waals surface area (Å²) in [6.07, 6.45) is 1.70. The molecule has 0 aliphatic rings. The average Bonchev–Trinajstić information content (AvgIpc) is 2.29. The Kier molecular flexibility index (Phi) is 7.63. The second kappa shape index (κ2) is 8.12. The number of rotatable bonds is 7. The smallest absolute Gasteiger partial charge is 0.354 e. The first-order valence-electron chi connectivity index (χ1n) is 5.77. The molecule has 0 aliphatic carbocycles. The molecule has 0 aromatic carbocycles. The first-order chi connectivity index (χ1) is 7.95. The van der Waals surface area contributed by atoms with Crippen LogP contribution in [0.4, 0.5) is 0 Å². The molecule has 0 bridgehead atoms. The van der Waals surface area contributed by atoms with Crippen molar-refractivity contribution in [3.05, 3.63) is 12.3 Å². The van der Waals surface area contributed by atoms with Gasteiger partial charge < -0.3 is 9.64 Å². The maximum atomic E-state index is 11.8. The number of hydrogen-bond acceptors (Lipinski definition) is 3. The van der Waals surface area contributed by atoms with Gasteiger partial charge in [0.2, 0.25) is 5.91 Å². The summed E-state index contributed by atoms with van der Waals surface area (Å²) in [7, 11) is 0. The van der Waals surface area contributed by atoms with E-state index in [9.17, 15) is 9.59 Å². The number of ether oxygens (including phenoxy) is 1. The molecule has 5 heteroatoms. The summed E-state index contributed by atoms with van der Waals surface area (Å²) in [6, 6.07) is 0. The number of hydrogen-bond donors (Lipinski definition) is 0. The van der Waals surface area contributed by atoms with Gasteiger partial charge in [-0.25, -0.2) is 4.79 Å². The summed E-state index contributed by atoms with van der Waals surface area (Å²) in [4.78, 5) is 24.6. The summed E-state index contributed by atoms with van der Waals surface area (Å²) in [5.74, 6) is -0.896. The molecule has 4 nitrogen and oxygen atoms in total. The number of alkyl halides is 1. The molecule has 98 valence electrons. The number of nitrogens with zero attached hydrogens (tertiary/aromatic N) is 1. The van der Waals surface area contributed by atoms with E-state index in [1.807, 2.05) is 6.92 Å². The predicted octanol–water partition coefficient (Wildman–Crippen LogP) is 2.32. The molecule has 0 heterocycles. The van der Waals surface area contributed by atoms with Crippen LogP contribution in [-0.4, -0.2) is 35.3 Å². The van der Waals surface area contributed by atoms with Crippen molar-refractivity contribution in [3.63, 3.8) is 0 Å². The molecule has 0 aromatic heterocycles. The topological polar surface area (TPSA) is 46.6 Å². The van der Waals surface area contributed by atoms with Gasteiger partial charge in [0.05, 0.1) is 6.61 Å². The normalized spacial score (nSPS) is 11.8. The molecule has 0 spiro atoms. The first kappa shape index (κ1) is 16.0. The minimum Gasteiger partial charge on any atom is -0.461 e. The monoisotopic (exact) mass is 261 g/mol. The second-order valence-corrected chi connectivity index (χ2v) is 4.28. The molecular formula is C12H20ClNO3. The molecule has 17 heavy (non-hydrogen) atoms. The van der Waals surface area contributed by atoms with Crippen LogP contribution >= 0.6 is 11.6 Å². The Labute approximate surface area is 108 Å². The Morgan fingerprint density at radius 3 is 2.41 bits per heavy atom. The zero-order valence-corrected chi connectivity index (χ0v) is 11.4. The molecule has 1 amide bonds. The van der Waals surface area contributed by atoms with Crippen molar-refractivity contribution in [3.8, 4) is 0 Å². The number of amides is 1. The van der Waals surface area contributed by atoms with E-state index in [0.29, 0.717) is 6.54 Å². The molecule has 0 rings (SSSR count). The molecule has 0 N–H and O–H groups in total. The van der Waals surface area contributed by atoms with Crippen LogP contribution in [0.3, 0.4) is 0 Å². The van der Waals surface area contributed by atoms with Crippen molar-refractivity contribution in [1.29, 1.82) is 0 Å². The van der Waals surface area contributed by atoms with E-state index in [1.54, 1.807) is 13.8 Å². The Bertz CT molecular complexity index is 289. The average molecular weight is 262 g/mol. The molecule has 1 atom stereocenters. The number of carbonyl (C=O) groups excluding carboxylic acids is 2. The van der Waals surface area contributed by atoms with E-state index in [0.717, 1.165) is 12.8 Å². The standard InChI is InChI=1S/C12H20ClNO3/c1-5-7-8-14(11(15)9(3)13)10(4)12(16)17-6-2/h9H,4-8H2,1-3H3. The Morgan fingerprint density at radius 2 is 2.00 bits per heavy atom. The number of halogens is 1. The van der Waals surface area contributed by atoms with E-state index in [2.05, 4.69) is 6.58 Å². The lowest BCUT2D eigenvalue weighted by molar-refractivity contribution is -0.143. The second-order valence-electron chi connectivity index (χ2n) is 3.63. The largest absolute Gasteiger partial charge is 0.461 e. The molecular weight excluding hydrogens is 242 g/mol. The van der Waals surface area contributed by atoms with Gasteiger partial charge in [0.15, 0.2) is 0 Å². The van der Waals surface area contributed by atoms with Crippen LogP contribution < -0.4 is 0 Å². The van der Waals surface area contributed by atoms with Crippen LogP contribution in [-0.2, 0) is 14.3 Å². The van der Waals surface area contributed by atoms with Crippen molar-refractivity contribution in [1.82, 2.24) is 4.90 Å². The summed E-state index contributed by atoms with van der Waals surface area (Å²) in [5, 5.41) is -0.682. The maximum Gasteiger partial charge on any atom is 0.354 e. The first-order valence-corrected chi connectivity index (χ1v) is 6.20. The predicted molar refractivity (Wildman–Crippen MR) is 67.7 cm³/mol.